The summed E-state index contributed by atoms with van der Waals surface area (Å²) in [5.74, 6) is 0.246. The normalized spacial score (nSPS) is 12.7. The van der Waals surface area contributed by atoms with Crippen molar-refractivity contribution in [2.24, 2.45) is 10.7 Å². The van der Waals surface area contributed by atoms with Crippen molar-refractivity contribution in [1.82, 2.24) is 0 Å². The number of para-hydroxylation sites is 1. The Labute approximate surface area is 185 Å². The number of alkyl halides is 3. The molecule has 2 rings (SSSR count). The van der Waals surface area contributed by atoms with Crippen LogP contribution in [0.3, 0.4) is 0 Å². The van der Waals surface area contributed by atoms with E-state index in [1.807, 2.05) is 12.1 Å². The average molecular weight is 576 g/mol. The minimum Gasteiger partial charge on any atom is -0.490 e. The summed E-state index contributed by atoms with van der Waals surface area (Å²) < 4.78 is 46.3. The van der Waals surface area contributed by atoms with Gasteiger partial charge in [-0.2, -0.15) is 0 Å². The van der Waals surface area contributed by atoms with Crippen LogP contribution in [-0.4, -0.2) is 36.7 Å². The molecule has 154 valence electrons. The number of aliphatic hydroxyl groups excluding tert-OH is 1. The highest BCUT2D eigenvalue weighted by molar-refractivity contribution is 14.0. The quantitative estimate of drug-likeness (QED) is 0.262. The first kappa shape index (κ1) is 24.3. The highest BCUT2D eigenvalue weighted by Gasteiger charge is 2.30. The average Bonchev–Trinajstić information content (AvgIpc) is 2.60. The fraction of sp³-hybridized carbons (Fsp3) is 0.235. The van der Waals surface area contributed by atoms with Gasteiger partial charge < -0.3 is 25.6 Å². The van der Waals surface area contributed by atoms with Crippen LogP contribution in [0.15, 0.2) is 58.0 Å². The molecule has 0 aliphatic carbocycles. The van der Waals surface area contributed by atoms with Crippen LogP contribution < -0.4 is 20.5 Å². The van der Waals surface area contributed by atoms with Gasteiger partial charge >= 0.3 is 6.36 Å². The Morgan fingerprint density at radius 1 is 1.18 bits per heavy atom. The highest BCUT2D eigenvalue weighted by Crippen LogP contribution is 2.24. The number of nitrogens with zero attached hydrogens (tertiary/aromatic N) is 1. The van der Waals surface area contributed by atoms with Crippen molar-refractivity contribution < 1.29 is 27.8 Å². The van der Waals surface area contributed by atoms with Crippen molar-refractivity contribution in [3.63, 3.8) is 0 Å². The molecule has 0 heterocycles. The standard InChI is InChI=1S/C17H17BrF3N3O3.HI/c18-14-3-1-2-4-15(14)26-10-12(25)9-23-16(22)24-11-5-7-13(8-6-11)27-17(19,20)21;/h1-8,12,25H,9-10H2,(H3,22,23,24);1H. The molecule has 0 saturated heterocycles. The second-order valence-electron chi connectivity index (χ2n) is 5.32. The minimum atomic E-state index is -4.75. The van der Waals surface area contributed by atoms with E-state index in [2.05, 4.69) is 31.0 Å². The van der Waals surface area contributed by atoms with Crippen molar-refractivity contribution in [3.8, 4) is 11.5 Å². The molecule has 0 spiro atoms. The molecule has 0 fully saturated rings. The molecule has 0 bridgehead atoms. The smallest absolute Gasteiger partial charge is 0.490 e. The molecule has 0 aromatic heterocycles. The van der Waals surface area contributed by atoms with Crippen molar-refractivity contribution in [1.29, 1.82) is 0 Å². The van der Waals surface area contributed by atoms with Crippen molar-refractivity contribution in [2.75, 3.05) is 18.5 Å². The molecule has 0 radical (unpaired) electrons. The summed E-state index contributed by atoms with van der Waals surface area (Å²) in [5.41, 5.74) is 6.11. The minimum absolute atomic E-state index is 0. The van der Waals surface area contributed by atoms with Crippen molar-refractivity contribution >= 4 is 51.6 Å². The zero-order valence-corrected chi connectivity index (χ0v) is 18.2. The molecular formula is C17H18BrF3IN3O3. The topological polar surface area (TPSA) is 89.1 Å². The van der Waals surface area contributed by atoms with E-state index in [4.69, 9.17) is 10.5 Å². The highest BCUT2D eigenvalue weighted by atomic mass is 127. The number of anilines is 1. The monoisotopic (exact) mass is 575 g/mol. The number of benzene rings is 2. The second-order valence-corrected chi connectivity index (χ2v) is 6.17. The molecule has 4 N–H and O–H groups in total. The van der Waals surface area contributed by atoms with Gasteiger partial charge in [0.15, 0.2) is 5.96 Å². The van der Waals surface area contributed by atoms with E-state index in [1.165, 1.54) is 12.1 Å². The van der Waals surface area contributed by atoms with Crippen LogP contribution in [0, 0.1) is 0 Å². The number of halogens is 5. The molecule has 0 aliphatic rings. The van der Waals surface area contributed by atoms with E-state index in [0.29, 0.717) is 11.4 Å². The summed E-state index contributed by atoms with van der Waals surface area (Å²) in [6.07, 6.45) is -5.64. The molecule has 2 aromatic rings. The fourth-order valence-corrected chi connectivity index (χ4v) is 2.33. The first-order valence-electron chi connectivity index (χ1n) is 7.71. The lowest BCUT2D eigenvalue weighted by atomic mass is 10.3. The van der Waals surface area contributed by atoms with Gasteiger partial charge in [0, 0.05) is 5.69 Å². The molecular weight excluding hydrogens is 558 g/mol. The van der Waals surface area contributed by atoms with Gasteiger partial charge in [0.05, 0.1) is 11.0 Å². The first-order valence-corrected chi connectivity index (χ1v) is 8.50. The van der Waals surface area contributed by atoms with Crippen molar-refractivity contribution in [3.05, 3.63) is 53.0 Å². The Bertz CT molecular complexity index is 776. The van der Waals surface area contributed by atoms with Crippen LogP contribution in [0.2, 0.25) is 0 Å². The number of ether oxygens (including phenoxy) is 2. The molecule has 0 aliphatic heterocycles. The Morgan fingerprint density at radius 2 is 1.82 bits per heavy atom. The summed E-state index contributed by atoms with van der Waals surface area (Å²) >= 11 is 3.33. The van der Waals surface area contributed by atoms with Gasteiger partial charge in [-0.25, -0.2) is 0 Å². The van der Waals surface area contributed by atoms with Crippen LogP contribution in [0.5, 0.6) is 11.5 Å². The molecule has 2 aromatic carbocycles. The predicted molar refractivity (Wildman–Crippen MR) is 114 cm³/mol. The summed E-state index contributed by atoms with van der Waals surface area (Å²) in [5, 5.41) is 12.6. The third-order valence-corrected chi connectivity index (χ3v) is 3.76. The number of nitrogens with one attached hydrogen (secondary N) is 1. The third kappa shape index (κ3) is 8.97. The van der Waals surface area contributed by atoms with E-state index in [9.17, 15) is 18.3 Å². The number of aliphatic imine (C=N–C) groups is 1. The molecule has 11 heteroatoms. The summed E-state index contributed by atoms with van der Waals surface area (Å²) in [4.78, 5) is 3.97. The van der Waals surface area contributed by atoms with E-state index in [-0.39, 0.29) is 48.8 Å². The molecule has 1 atom stereocenters. The largest absolute Gasteiger partial charge is 0.573 e. The van der Waals surface area contributed by atoms with Crippen LogP contribution in [0.1, 0.15) is 0 Å². The van der Waals surface area contributed by atoms with E-state index < -0.39 is 12.5 Å². The van der Waals surface area contributed by atoms with E-state index in [1.54, 1.807) is 12.1 Å². The lowest BCUT2D eigenvalue weighted by molar-refractivity contribution is -0.274. The molecule has 1 unspecified atom stereocenters. The summed E-state index contributed by atoms with van der Waals surface area (Å²) in [6.45, 7) is 0.00141. The zero-order chi connectivity index (χ0) is 19.9. The van der Waals surface area contributed by atoms with E-state index >= 15 is 0 Å². The van der Waals surface area contributed by atoms with Gasteiger partial charge in [-0.1, -0.05) is 12.1 Å². The van der Waals surface area contributed by atoms with Gasteiger partial charge in [-0.05, 0) is 52.3 Å². The van der Waals surface area contributed by atoms with Crippen LogP contribution in [-0.2, 0) is 0 Å². The second kappa shape index (κ2) is 11.3. The summed E-state index contributed by atoms with van der Waals surface area (Å²) in [6, 6.07) is 12.2. The molecule has 28 heavy (non-hydrogen) atoms. The van der Waals surface area contributed by atoms with Gasteiger partial charge in [0.25, 0.3) is 0 Å². The lowest BCUT2D eigenvalue weighted by Crippen LogP contribution is -2.27. The number of rotatable bonds is 7. The Kier molecular flexibility index (Phi) is 9.82. The zero-order valence-electron chi connectivity index (χ0n) is 14.3. The van der Waals surface area contributed by atoms with Gasteiger partial charge in [-0.3, -0.25) is 4.99 Å². The van der Waals surface area contributed by atoms with Crippen LogP contribution in [0.4, 0.5) is 18.9 Å². The summed E-state index contributed by atoms with van der Waals surface area (Å²) in [7, 11) is 0. The van der Waals surface area contributed by atoms with Gasteiger partial charge in [-0.15, -0.1) is 37.1 Å². The Balaban J connectivity index is 0.00000392. The van der Waals surface area contributed by atoms with Gasteiger partial charge in [0.2, 0.25) is 0 Å². The van der Waals surface area contributed by atoms with Crippen molar-refractivity contribution in [2.45, 2.75) is 12.5 Å². The number of guanidine groups is 1. The Hall–Kier alpha value is -1.73. The molecule has 0 saturated carbocycles. The van der Waals surface area contributed by atoms with Crippen LogP contribution >= 0.6 is 39.9 Å². The predicted octanol–water partition coefficient (Wildman–Crippen LogP) is 4.13. The lowest BCUT2D eigenvalue weighted by Gasteiger charge is -2.12. The van der Waals surface area contributed by atoms with Crippen LogP contribution in [0.25, 0.3) is 0 Å². The third-order valence-electron chi connectivity index (χ3n) is 3.10. The maximum Gasteiger partial charge on any atom is 0.573 e. The number of aliphatic hydroxyl groups is 1. The molecule has 6 nitrogen and oxygen atoms in total. The fourth-order valence-electron chi connectivity index (χ4n) is 1.93. The Morgan fingerprint density at radius 3 is 2.43 bits per heavy atom. The maximum atomic E-state index is 12.1. The van der Waals surface area contributed by atoms with Gasteiger partial charge in [0.1, 0.15) is 24.2 Å². The maximum absolute atomic E-state index is 12.1. The SMILES string of the molecule is I.NC(=NCC(O)COc1ccccc1Br)Nc1ccc(OC(F)(F)F)cc1. The number of hydrogen-bond donors (Lipinski definition) is 3. The number of hydrogen-bond acceptors (Lipinski definition) is 4. The first-order chi connectivity index (χ1) is 12.7. The van der Waals surface area contributed by atoms with E-state index in [0.717, 1.165) is 16.6 Å². The molecule has 0 amide bonds. The number of nitrogens with two attached hydrogens (primary N) is 1.